The molecule has 1 rings (SSSR count). The van der Waals surface area contributed by atoms with Gasteiger partial charge in [0.05, 0.1) is 0 Å². The summed E-state index contributed by atoms with van der Waals surface area (Å²) in [6.45, 7) is 2.10. The van der Waals surface area contributed by atoms with Gasteiger partial charge in [0, 0.05) is 18.3 Å². The summed E-state index contributed by atoms with van der Waals surface area (Å²) in [6, 6.07) is 3.99. The Morgan fingerprint density at radius 2 is 2.10 bits per heavy atom. The number of rotatable bonds is 2. The molecule has 0 amide bonds. The normalized spacial score (nSPS) is 13.0. The van der Waals surface area contributed by atoms with Crippen LogP contribution in [0, 0.1) is 0 Å². The Labute approximate surface area is 66.0 Å². The maximum Gasteiger partial charge on any atom is 0.0289 e. The zero-order valence-electron chi connectivity index (χ0n) is 5.92. The van der Waals surface area contributed by atoms with Gasteiger partial charge in [-0.2, -0.15) is 0 Å². The van der Waals surface area contributed by atoms with Crippen LogP contribution in [0.5, 0.6) is 0 Å². The summed E-state index contributed by atoms with van der Waals surface area (Å²) in [5.74, 6) is 1.11. The minimum absolute atomic E-state index is 0.435. The molecule has 0 aliphatic carbocycles. The van der Waals surface area contributed by atoms with Crippen LogP contribution in [-0.2, 0) is 0 Å². The zero-order chi connectivity index (χ0) is 7.40. The largest absolute Gasteiger partial charge is 0.265 e. The zero-order valence-corrected chi connectivity index (χ0v) is 6.67. The van der Waals surface area contributed by atoms with Crippen LogP contribution >= 0.6 is 11.6 Å². The maximum absolute atomic E-state index is 5.67. The third-order valence-electron chi connectivity index (χ3n) is 1.51. The molecule has 1 heterocycles. The molecular weight excluding hydrogens is 146 g/mol. The van der Waals surface area contributed by atoms with Crippen LogP contribution < -0.4 is 0 Å². The van der Waals surface area contributed by atoms with Crippen molar-refractivity contribution in [3.63, 3.8) is 0 Å². The predicted octanol–water partition coefficient (Wildman–Crippen LogP) is 2.42. The molecule has 0 aromatic carbocycles. The Balaban J connectivity index is 2.75. The average Bonchev–Trinajstić information content (AvgIpc) is 2.05. The van der Waals surface area contributed by atoms with Crippen molar-refractivity contribution >= 4 is 11.6 Å². The first-order valence-corrected chi connectivity index (χ1v) is 3.84. The van der Waals surface area contributed by atoms with E-state index in [-0.39, 0.29) is 0 Å². The highest BCUT2D eigenvalue weighted by Gasteiger charge is 2.00. The molecule has 0 N–H and O–H groups in total. The lowest BCUT2D eigenvalue weighted by Gasteiger charge is -2.04. The highest BCUT2D eigenvalue weighted by molar-refractivity contribution is 6.18. The van der Waals surface area contributed by atoms with E-state index in [0.717, 1.165) is 0 Å². The van der Waals surface area contributed by atoms with Gasteiger partial charge in [0.15, 0.2) is 0 Å². The second-order valence-corrected chi connectivity index (χ2v) is 2.64. The van der Waals surface area contributed by atoms with Crippen molar-refractivity contribution in [1.29, 1.82) is 0 Å². The third-order valence-corrected chi connectivity index (χ3v) is 1.97. The summed E-state index contributed by atoms with van der Waals surface area (Å²) in [4.78, 5) is 3.92. The molecule has 1 unspecified atom stereocenters. The summed E-state index contributed by atoms with van der Waals surface area (Å²) in [7, 11) is 0. The fourth-order valence-corrected chi connectivity index (χ4v) is 0.959. The molecule has 0 bridgehead atoms. The molecule has 0 radical (unpaired) electrons. The van der Waals surface area contributed by atoms with Crippen LogP contribution in [0.3, 0.4) is 0 Å². The molecule has 10 heavy (non-hydrogen) atoms. The summed E-state index contributed by atoms with van der Waals surface area (Å²) >= 11 is 5.67. The topological polar surface area (TPSA) is 12.9 Å². The third kappa shape index (κ3) is 1.71. The SMILES string of the molecule is CC(CCl)c1ccncc1. The molecule has 1 aromatic rings. The van der Waals surface area contributed by atoms with Crippen LogP contribution in [0.1, 0.15) is 18.4 Å². The van der Waals surface area contributed by atoms with Crippen molar-refractivity contribution in [3.8, 4) is 0 Å². The molecule has 1 aromatic heterocycles. The summed E-state index contributed by atoms with van der Waals surface area (Å²) in [5.41, 5.74) is 1.25. The van der Waals surface area contributed by atoms with Gasteiger partial charge in [-0.3, -0.25) is 4.98 Å². The number of hydrogen-bond donors (Lipinski definition) is 0. The van der Waals surface area contributed by atoms with Gasteiger partial charge in [-0.25, -0.2) is 0 Å². The second-order valence-electron chi connectivity index (χ2n) is 2.34. The van der Waals surface area contributed by atoms with Gasteiger partial charge in [0.1, 0.15) is 0 Å². The quantitative estimate of drug-likeness (QED) is 0.598. The van der Waals surface area contributed by atoms with Crippen molar-refractivity contribution in [1.82, 2.24) is 4.98 Å². The Kier molecular flexibility index (Phi) is 2.69. The molecule has 1 nitrogen and oxygen atoms in total. The molecular formula is C8H10ClN. The maximum atomic E-state index is 5.67. The lowest BCUT2D eigenvalue weighted by molar-refractivity contribution is 0.871. The van der Waals surface area contributed by atoms with Crippen LogP contribution in [0.25, 0.3) is 0 Å². The van der Waals surface area contributed by atoms with Gasteiger partial charge in [-0.1, -0.05) is 6.92 Å². The van der Waals surface area contributed by atoms with Crippen LogP contribution in [0.2, 0.25) is 0 Å². The minimum Gasteiger partial charge on any atom is -0.265 e. The van der Waals surface area contributed by atoms with E-state index in [1.54, 1.807) is 12.4 Å². The average molecular weight is 156 g/mol. The van der Waals surface area contributed by atoms with E-state index >= 15 is 0 Å². The first-order chi connectivity index (χ1) is 4.84. The molecule has 0 spiro atoms. The van der Waals surface area contributed by atoms with Gasteiger partial charge in [0.2, 0.25) is 0 Å². The first kappa shape index (κ1) is 7.55. The van der Waals surface area contributed by atoms with E-state index in [4.69, 9.17) is 11.6 Å². The Morgan fingerprint density at radius 1 is 1.50 bits per heavy atom. The fourth-order valence-electron chi connectivity index (χ4n) is 0.781. The highest BCUT2D eigenvalue weighted by atomic mass is 35.5. The van der Waals surface area contributed by atoms with E-state index in [9.17, 15) is 0 Å². The van der Waals surface area contributed by atoms with Crippen LogP contribution in [0.15, 0.2) is 24.5 Å². The lowest BCUT2D eigenvalue weighted by Crippen LogP contribution is -1.93. The van der Waals surface area contributed by atoms with E-state index in [2.05, 4.69) is 11.9 Å². The van der Waals surface area contributed by atoms with E-state index in [1.807, 2.05) is 12.1 Å². The molecule has 0 saturated heterocycles. The first-order valence-electron chi connectivity index (χ1n) is 3.30. The smallest absolute Gasteiger partial charge is 0.0289 e. The standard InChI is InChI=1S/C8H10ClN/c1-7(6-9)8-2-4-10-5-3-8/h2-5,7H,6H2,1H3. The Bertz CT molecular complexity index is 186. The van der Waals surface area contributed by atoms with Gasteiger partial charge < -0.3 is 0 Å². The van der Waals surface area contributed by atoms with E-state index in [1.165, 1.54) is 5.56 Å². The van der Waals surface area contributed by atoms with Crippen molar-refractivity contribution in [2.45, 2.75) is 12.8 Å². The van der Waals surface area contributed by atoms with Gasteiger partial charge in [-0.05, 0) is 23.6 Å². The molecule has 0 saturated carbocycles. The molecule has 54 valence electrons. The van der Waals surface area contributed by atoms with Crippen molar-refractivity contribution in [3.05, 3.63) is 30.1 Å². The van der Waals surface area contributed by atoms with Gasteiger partial charge in [-0.15, -0.1) is 11.6 Å². The van der Waals surface area contributed by atoms with E-state index in [0.29, 0.717) is 11.8 Å². The fraction of sp³-hybridized carbons (Fsp3) is 0.375. The number of alkyl halides is 1. The van der Waals surface area contributed by atoms with Crippen LogP contribution in [0.4, 0.5) is 0 Å². The summed E-state index contributed by atoms with van der Waals surface area (Å²) in [6.07, 6.45) is 3.58. The molecule has 0 aliphatic rings. The number of halogens is 1. The van der Waals surface area contributed by atoms with Crippen molar-refractivity contribution in [2.24, 2.45) is 0 Å². The summed E-state index contributed by atoms with van der Waals surface area (Å²) in [5, 5.41) is 0. The minimum atomic E-state index is 0.435. The van der Waals surface area contributed by atoms with Crippen molar-refractivity contribution in [2.75, 3.05) is 5.88 Å². The van der Waals surface area contributed by atoms with E-state index < -0.39 is 0 Å². The predicted molar refractivity (Wildman–Crippen MR) is 43.4 cm³/mol. The number of nitrogens with zero attached hydrogens (tertiary/aromatic N) is 1. The highest BCUT2D eigenvalue weighted by Crippen LogP contribution is 2.14. The summed E-state index contributed by atoms with van der Waals surface area (Å²) < 4.78 is 0. The Morgan fingerprint density at radius 3 is 2.60 bits per heavy atom. The Hall–Kier alpha value is -0.560. The van der Waals surface area contributed by atoms with Crippen LogP contribution in [-0.4, -0.2) is 10.9 Å². The number of hydrogen-bond acceptors (Lipinski definition) is 1. The second kappa shape index (κ2) is 3.57. The molecule has 2 heteroatoms. The number of pyridine rings is 1. The van der Waals surface area contributed by atoms with Gasteiger partial charge in [0.25, 0.3) is 0 Å². The van der Waals surface area contributed by atoms with Crippen molar-refractivity contribution < 1.29 is 0 Å². The molecule has 0 aliphatic heterocycles. The van der Waals surface area contributed by atoms with Gasteiger partial charge >= 0.3 is 0 Å². The molecule has 1 atom stereocenters. The lowest BCUT2D eigenvalue weighted by atomic mass is 10.1. The monoisotopic (exact) mass is 155 g/mol. The number of aromatic nitrogens is 1. The molecule has 0 fully saturated rings.